The smallest absolute Gasteiger partial charge is 0.261 e. The van der Waals surface area contributed by atoms with Gasteiger partial charge in [-0.25, -0.2) is 0 Å². The van der Waals surface area contributed by atoms with Crippen molar-refractivity contribution in [3.63, 3.8) is 0 Å². The van der Waals surface area contributed by atoms with E-state index in [1.807, 2.05) is 168 Å². The highest BCUT2D eigenvalue weighted by Crippen LogP contribution is 2.57. The van der Waals surface area contributed by atoms with Crippen molar-refractivity contribution in [1.82, 2.24) is 9.13 Å². The molecule has 96 heavy (non-hydrogen) atoms. The fraction of sp³-hybridized carbons (Fsp3) is 0.0562. The number of para-hydroxylation sites is 4. The van der Waals surface area contributed by atoms with Gasteiger partial charge >= 0.3 is 0 Å². The first-order valence-electron chi connectivity index (χ1n) is 42.6. The highest BCUT2D eigenvalue weighted by atomic mass is 16.5. The Kier molecular flexibility index (Phi) is 7.70. The Hall–Kier alpha value is -11.8. The van der Waals surface area contributed by atoms with Crippen LogP contribution in [0.4, 0.5) is 34.1 Å². The zero-order chi connectivity index (χ0) is 81.5. The molecule has 7 heteroatoms. The van der Waals surface area contributed by atoms with Gasteiger partial charge < -0.3 is 23.7 Å². The third kappa shape index (κ3) is 7.37. The summed E-state index contributed by atoms with van der Waals surface area (Å²) in [4.78, 5) is 3.98. The van der Waals surface area contributed by atoms with Crippen LogP contribution in [0.1, 0.15) is 60.7 Å². The van der Waals surface area contributed by atoms with Crippen LogP contribution in [0.5, 0.6) is 11.5 Å². The van der Waals surface area contributed by atoms with Crippen LogP contribution in [-0.4, -0.2) is 22.6 Å². The molecule has 5 aliphatic rings. The first-order chi connectivity index (χ1) is 56.1. The normalized spacial score (nSPS) is 16.6. The van der Waals surface area contributed by atoms with Gasteiger partial charge in [-0.1, -0.05) is 263 Å². The topological polar surface area (TPSA) is 25.6 Å². The van der Waals surface area contributed by atoms with Gasteiger partial charge in [0.25, 0.3) is 6.71 Å². The lowest BCUT2D eigenvalue weighted by Gasteiger charge is -2.42. The van der Waals surface area contributed by atoms with Gasteiger partial charge in [-0.05, 0) is 139 Å². The van der Waals surface area contributed by atoms with E-state index in [0.29, 0.717) is 67.2 Å². The Bertz CT molecular complexity index is 7200. The van der Waals surface area contributed by atoms with Gasteiger partial charge in [-0.15, -0.1) is 0 Å². The molecule has 0 spiro atoms. The Balaban J connectivity index is 1.06. The molecule has 16 aromatic rings. The van der Waals surface area contributed by atoms with E-state index in [2.05, 4.69) is 32.9 Å². The van der Waals surface area contributed by atoms with Crippen molar-refractivity contribution in [2.75, 3.05) is 9.80 Å². The molecule has 0 amide bonds. The van der Waals surface area contributed by atoms with Crippen molar-refractivity contribution in [1.29, 1.82) is 0 Å². The Morgan fingerprint density at radius 3 is 1.38 bits per heavy atom. The summed E-state index contributed by atoms with van der Waals surface area (Å²) >= 11 is 0. The molecule has 0 saturated heterocycles. The van der Waals surface area contributed by atoms with Crippen molar-refractivity contribution in [2.45, 2.75) is 32.5 Å². The lowest BCUT2D eigenvalue weighted by Crippen LogP contribution is -2.62. The molecule has 14 aromatic carbocycles. The molecular formula is C89H60B2N4O. The molecule has 0 saturated carbocycles. The van der Waals surface area contributed by atoms with E-state index in [-0.39, 0.29) is 118 Å². The van der Waals surface area contributed by atoms with Gasteiger partial charge in [0.1, 0.15) is 11.5 Å². The van der Waals surface area contributed by atoms with Crippen molar-refractivity contribution in [3.05, 3.63) is 308 Å². The molecule has 5 aliphatic heterocycles. The minimum Gasteiger partial charge on any atom is -0.458 e. The number of fused-ring (bicyclic) bond motifs is 12. The highest BCUT2D eigenvalue weighted by Gasteiger charge is 2.51. The van der Waals surface area contributed by atoms with Gasteiger partial charge in [0, 0.05) is 72.2 Å². The first-order valence-corrected chi connectivity index (χ1v) is 32.1. The van der Waals surface area contributed by atoms with Crippen LogP contribution in [-0.2, 0) is 11.7 Å². The molecule has 0 aliphatic carbocycles. The number of nitrogens with zero attached hydrogens (tertiary/aromatic N) is 4. The van der Waals surface area contributed by atoms with Crippen molar-refractivity contribution >= 4 is 118 Å². The van der Waals surface area contributed by atoms with Gasteiger partial charge in [-0.3, -0.25) is 0 Å². The third-order valence-corrected chi connectivity index (χ3v) is 20.1. The second-order valence-corrected chi connectivity index (χ2v) is 26.1. The first kappa shape index (κ1) is 37.2. The molecule has 21 rings (SSSR count). The van der Waals surface area contributed by atoms with Gasteiger partial charge in [0.15, 0.2) is 0 Å². The maximum atomic E-state index is 12.2. The SMILES string of the molecule is [2H]c1c([2H])c([2H])c(-c2c([2H])c([2H])c3c(c2[2H])N(c2c(-c4ccccc4)cccc2-c2ccccc2)c2cc(C(C)(C)C)cc4c2B3Cc2c(c([2H])c3c5c2-n2c6c([2H])c([2H])c([2H])c([2H])c6c6c([2H])c([2H])c7c(c62)B5c2c(c([2H])c([2H])c5c6c([2H])c([2H])c([2H])c([2H])c6n-3c25)O7)N4c2c(-c3ccccc3)cccc2-c2ccccc2)c([2H])c1[2H]. The summed E-state index contributed by atoms with van der Waals surface area (Å²) in [6, 6.07) is 42.0. The van der Waals surface area contributed by atoms with E-state index in [4.69, 9.17) is 6.11 Å². The van der Waals surface area contributed by atoms with Crippen molar-refractivity contribution in [2.24, 2.45) is 0 Å². The molecule has 0 bridgehead atoms. The van der Waals surface area contributed by atoms with Crippen molar-refractivity contribution < 1.29 is 33.5 Å². The minimum absolute atomic E-state index is 0.0116. The molecule has 5 nitrogen and oxygen atoms in total. The Labute approximate surface area is 587 Å². The van der Waals surface area contributed by atoms with E-state index in [0.717, 1.165) is 11.1 Å². The molecule has 7 heterocycles. The summed E-state index contributed by atoms with van der Waals surface area (Å²) in [7, 11) is 0. The third-order valence-electron chi connectivity index (χ3n) is 20.1. The summed E-state index contributed by atoms with van der Waals surface area (Å²) in [5.74, 6) is -0.486. The molecule has 448 valence electrons. The van der Waals surface area contributed by atoms with Crippen LogP contribution in [0.25, 0.3) is 111 Å². The van der Waals surface area contributed by atoms with E-state index < -0.39 is 151 Å². The zero-order valence-electron chi connectivity index (χ0n) is 72.7. The van der Waals surface area contributed by atoms with Crippen LogP contribution in [0, 0.1) is 0 Å². The number of benzene rings is 14. The standard InChI is InChI=1S/C89H60B2N4O/c1-89(2,3)60-50-75-80-76(51-60)94(85-63(57-31-15-7-16-32-57)39-24-40-64(85)58-33-17-8-18-34-58)74-49-59(54-25-9-4-10-26-54)43-46-70(74)90(80)53-69-73(93(75)84-61(55-27-11-5-12-28-55)37-23-38-62(84)56-29-13-6-14-30-56)52-77-81-88(69)95-72-42-22-20-36-66(72)68-45-48-79-83(87(68)95)91(81)82-78(96-79)47-44-67-65-35-19-21-41-71(65)92(77)86(67)82/h4-52H,53H2,1-3H3/i4D,9D,10D,19D,20D,21D,22D,25D,26D,35D,36D,41D,42D,43D,44D,45D,46D,47D,48D,49D,52D. The Morgan fingerprint density at radius 2 is 0.854 bits per heavy atom. The summed E-state index contributed by atoms with van der Waals surface area (Å²) < 4.78 is 222. The molecule has 0 atom stereocenters. The maximum Gasteiger partial charge on any atom is 0.261 e. The molecule has 0 fully saturated rings. The number of rotatable bonds is 7. The fourth-order valence-electron chi connectivity index (χ4n) is 16.1. The highest BCUT2D eigenvalue weighted by molar-refractivity contribution is 7.02. The summed E-state index contributed by atoms with van der Waals surface area (Å²) in [6.45, 7) is 3.53. The molecule has 0 unspecified atom stereocenters. The summed E-state index contributed by atoms with van der Waals surface area (Å²) in [5, 5.41) is -0.430. The fourth-order valence-corrected chi connectivity index (χ4v) is 16.1. The lowest BCUT2D eigenvalue weighted by atomic mass is 9.32. The van der Waals surface area contributed by atoms with E-state index in [1.165, 1.54) is 0 Å². The van der Waals surface area contributed by atoms with Gasteiger partial charge in [-0.2, -0.15) is 0 Å². The predicted octanol–water partition coefficient (Wildman–Crippen LogP) is 19.7. The lowest BCUT2D eigenvalue weighted by molar-refractivity contribution is 0.488. The molecular weight excluding hydrogens is 1160 g/mol. The average molecular weight is 1240 g/mol. The number of hydrogen-bond acceptors (Lipinski definition) is 3. The van der Waals surface area contributed by atoms with Crippen LogP contribution >= 0.6 is 0 Å². The van der Waals surface area contributed by atoms with Crippen molar-refractivity contribution in [3.8, 4) is 78.5 Å². The number of ether oxygens (including phenoxy) is 1. The van der Waals surface area contributed by atoms with E-state index >= 15 is 0 Å². The second kappa shape index (κ2) is 19.9. The molecule has 0 N–H and O–H groups in total. The van der Waals surface area contributed by atoms with Gasteiger partial charge in [0.2, 0.25) is 6.71 Å². The minimum atomic E-state index is -1.33. The largest absolute Gasteiger partial charge is 0.458 e. The van der Waals surface area contributed by atoms with Gasteiger partial charge in [0.05, 0.1) is 67.9 Å². The summed E-state index contributed by atoms with van der Waals surface area (Å²) in [6.07, 6.45) is -0.354. The number of hydrogen-bond donors (Lipinski definition) is 0. The quantitative estimate of drug-likeness (QED) is 0.149. The van der Waals surface area contributed by atoms with Crippen LogP contribution in [0.2, 0.25) is 0 Å². The molecule has 2 aromatic heterocycles. The van der Waals surface area contributed by atoms with Crippen LogP contribution in [0.15, 0.2) is 297 Å². The zero-order valence-corrected chi connectivity index (χ0v) is 51.7. The van der Waals surface area contributed by atoms with E-state index in [1.54, 1.807) is 9.13 Å². The van der Waals surface area contributed by atoms with Crippen LogP contribution in [0.3, 0.4) is 0 Å². The Morgan fingerprint density at radius 1 is 0.375 bits per heavy atom. The molecule has 0 radical (unpaired) electrons. The average Bonchev–Trinajstić information content (AvgIpc) is 1.51. The second-order valence-electron chi connectivity index (χ2n) is 26.1. The number of anilines is 6. The predicted molar refractivity (Wildman–Crippen MR) is 404 cm³/mol. The maximum absolute atomic E-state index is 12.2. The number of aromatic nitrogens is 2. The monoisotopic (exact) mass is 1240 g/mol. The van der Waals surface area contributed by atoms with E-state index in [9.17, 15) is 27.4 Å². The van der Waals surface area contributed by atoms with Crippen LogP contribution < -0.4 is 41.9 Å². The summed E-state index contributed by atoms with van der Waals surface area (Å²) in [5.41, 5.74) is 7.30.